The number of hydrogen-bond acceptors (Lipinski definition) is 3. The minimum atomic E-state index is -0.526. The van der Waals surface area contributed by atoms with E-state index in [-0.39, 0.29) is 28.5 Å². The van der Waals surface area contributed by atoms with Gasteiger partial charge in [0.25, 0.3) is 0 Å². The third kappa shape index (κ3) is 1.39. The van der Waals surface area contributed by atoms with Crippen molar-refractivity contribution in [1.82, 2.24) is 0 Å². The van der Waals surface area contributed by atoms with Crippen LogP contribution in [0.3, 0.4) is 0 Å². The molecule has 3 rings (SSSR count). The van der Waals surface area contributed by atoms with Crippen molar-refractivity contribution in [2.75, 3.05) is 0 Å². The maximum atomic E-state index is 12.0. The summed E-state index contributed by atoms with van der Waals surface area (Å²) in [7, 11) is 0. The van der Waals surface area contributed by atoms with Gasteiger partial charge in [0.05, 0.1) is 0 Å². The van der Waals surface area contributed by atoms with Crippen LogP contribution in [0, 0.1) is 39.7 Å². The highest BCUT2D eigenvalue weighted by Gasteiger charge is 2.58. The van der Waals surface area contributed by atoms with E-state index < -0.39 is 6.04 Å². The Balaban J connectivity index is 1.90. The van der Waals surface area contributed by atoms with Gasteiger partial charge in [-0.05, 0) is 24.2 Å². The van der Waals surface area contributed by atoms with Crippen molar-refractivity contribution < 1.29 is 9.72 Å². The minimum Gasteiger partial charge on any atom is -0.299 e. The summed E-state index contributed by atoms with van der Waals surface area (Å²) in [6.45, 7) is 1.86. The number of nitrogens with zero attached hydrogens (tertiary/aromatic N) is 1. The number of carbonyl (C=O) groups is 1. The third-order valence-electron chi connectivity index (χ3n) is 5.01. The first-order valence-electron chi connectivity index (χ1n) is 6.48. The molecular formula is C13H17NO3. The summed E-state index contributed by atoms with van der Waals surface area (Å²) in [5.41, 5.74) is 0. The SMILES string of the molecule is CCC(C1CC(=O)C2C3C=CC(C3)C12)[N+](=O)[O-]. The molecule has 0 N–H and O–H groups in total. The number of hydrogen-bond donors (Lipinski definition) is 0. The van der Waals surface area contributed by atoms with Crippen molar-refractivity contribution >= 4 is 5.78 Å². The molecule has 2 fully saturated rings. The van der Waals surface area contributed by atoms with Crippen molar-refractivity contribution in [2.24, 2.45) is 29.6 Å². The third-order valence-corrected chi connectivity index (χ3v) is 5.01. The first-order valence-corrected chi connectivity index (χ1v) is 6.48. The highest BCUT2D eigenvalue weighted by atomic mass is 16.6. The van der Waals surface area contributed by atoms with Gasteiger partial charge in [-0.2, -0.15) is 0 Å². The summed E-state index contributed by atoms with van der Waals surface area (Å²) in [5.74, 6) is 1.42. The quantitative estimate of drug-likeness (QED) is 0.427. The molecule has 3 aliphatic rings. The molecule has 0 spiro atoms. The summed E-state index contributed by atoms with van der Waals surface area (Å²) in [6.07, 6.45) is 6.35. The van der Waals surface area contributed by atoms with Gasteiger partial charge in [0.1, 0.15) is 5.78 Å². The summed E-state index contributed by atoms with van der Waals surface area (Å²) >= 11 is 0. The first kappa shape index (κ1) is 10.9. The van der Waals surface area contributed by atoms with Gasteiger partial charge in [-0.1, -0.05) is 19.1 Å². The second kappa shape index (κ2) is 3.65. The topological polar surface area (TPSA) is 60.2 Å². The van der Waals surface area contributed by atoms with Crippen molar-refractivity contribution in [1.29, 1.82) is 0 Å². The Labute approximate surface area is 100 Å². The molecule has 2 saturated carbocycles. The lowest BCUT2D eigenvalue weighted by atomic mass is 9.78. The molecular weight excluding hydrogens is 218 g/mol. The van der Waals surface area contributed by atoms with Crippen LogP contribution in [-0.2, 0) is 4.79 Å². The largest absolute Gasteiger partial charge is 0.299 e. The van der Waals surface area contributed by atoms with Gasteiger partial charge in [-0.3, -0.25) is 14.9 Å². The molecule has 3 aliphatic carbocycles. The number of rotatable bonds is 3. The summed E-state index contributed by atoms with van der Waals surface area (Å²) in [6, 6.07) is -0.526. The summed E-state index contributed by atoms with van der Waals surface area (Å²) in [5, 5.41) is 11.1. The fraction of sp³-hybridized carbons (Fsp3) is 0.769. The summed E-state index contributed by atoms with van der Waals surface area (Å²) in [4.78, 5) is 23.0. The van der Waals surface area contributed by atoms with E-state index in [1.807, 2.05) is 6.92 Å². The van der Waals surface area contributed by atoms with Crippen LogP contribution >= 0.6 is 0 Å². The van der Waals surface area contributed by atoms with Crippen LogP contribution in [-0.4, -0.2) is 16.7 Å². The number of Topliss-reactive ketones (excluding diaryl/α,β-unsaturated/α-hetero) is 1. The standard InChI is InChI=1S/C13H17NO3/c1-2-10(14(16)17)9-6-11(15)13-8-4-3-7(5-8)12(9)13/h3-4,7-10,12-13H,2,5-6H2,1H3. The Morgan fingerprint density at radius 1 is 1.47 bits per heavy atom. The zero-order valence-electron chi connectivity index (χ0n) is 9.91. The van der Waals surface area contributed by atoms with E-state index in [9.17, 15) is 14.9 Å². The van der Waals surface area contributed by atoms with Gasteiger partial charge in [0.2, 0.25) is 6.04 Å². The van der Waals surface area contributed by atoms with Crippen LogP contribution in [0.2, 0.25) is 0 Å². The van der Waals surface area contributed by atoms with Crippen molar-refractivity contribution in [2.45, 2.75) is 32.2 Å². The van der Waals surface area contributed by atoms with Crippen molar-refractivity contribution in [3.8, 4) is 0 Å². The molecule has 6 unspecified atom stereocenters. The Kier molecular flexibility index (Phi) is 2.35. The lowest BCUT2D eigenvalue weighted by Crippen LogP contribution is -2.34. The highest BCUT2D eigenvalue weighted by molar-refractivity contribution is 5.85. The van der Waals surface area contributed by atoms with Gasteiger partial charge in [0.15, 0.2) is 0 Å². The Morgan fingerprint density at radius 2 is 2.18 bits per heavy atom. The van der Waals surface area contributed by atoms with Crippen molar-refractivity contribution in [3.63, 3.8) is 0 Å². The van der Waals surface area contributed by atoms with Crippen LogP contribution in [0.4, 0.5) is 0 Å². The second-order valence-electron chi connectivity index (χ2n) is 5.65. The maximum absolute atomic E-state index is 12.0. The van der Waals surface area contributed by atoms with E-state index in [1.54, 1.807) is 0 Å². The normalized spacial score (nSPS) is 44.1. The summed E-state index contributed by atoms with van der Waals surface area (Å²) < 4.78 is 0. The number of carbonyl (C=O) groups excluding carboxylic acids is 1. The Morgan fingerprint density at radius 3 is 2.82 bits per heavy atom. The minimum absolute atomic E-state index is 0.0209. The zero-order chi connectivity index (χ0) is 12.2. The van der Waals surface area contributed by atoms with Crippen LogP contribution in [0.1, 0.15) is 26.2 Å². The van der Waals surface area contributed by atoms with E-state index in [2.05, 4.69) is 12.2 Å². The van der Waals surface area contributed by atoms with Gasteiger partial charge in [-0.15, -0.1) is 0 Å². The van der Waals surface area contributed by atoms with Gasteiger partial charge < -0.3 is 0 Å². The molecule has 4 nitrogen and oxygen atoms in total. The number of fused-ring (bicyclic) bond motifs is 5. The lowest BCUT2D eigenvalue weighted by Gasteiger charge is -2.26. The first-order chi connectivity index (χ1) is 8.13. The van der Waals surface area contributed by atoms with Crippen LogP contribution < -0.4 is 0 Å². The molecule has 0 aliphatic heterocycles. The predicted molar refractivity (Wildman–Crippen MR) is 61.9 cm³/mol. The molecule has 0 heterocycles. The lowest BCUT2D eigenvalue weighted by molar-refractivity contribution is -0.534. The average Bonchev–Trinajstić information content (AvgIpc) is 2.92. The van der Waals surface area contributed by atoms with E-state index in [1.165, 1.54) is 0 Å². The Bertz CT molecular complexity index is 403. The van der Waals surface area contributed by atoms with Crippen LogP contribution in [0.25, 0.3) is 0 Å². The van der Waals surface area contributed by atoms with Gasteiger partial charge in [0, 0.05) is 29.6 Å². The second-order valence-corrected chi connectivity index (χ2v) is 5.65. The predicted octanol–water partition coefficient (Wildman–Crippen LogP) is 2.07. The van der Waals surface area contributed by atoms with Gasteiger partial charge in [-0.25, -0.2) is 0 Å². The van der Waals surface area contributed by atoms with E-state index in [0.717, 1.165) is 6.42 Å². The molecule has 17 heavy (non-hydrogen) atoms. The van der Waals surface area contributed by atoms with E-state index in [4.69, 9.17) is 0 Å². The fourth-order valence-corrected chi connectivity index (χ4v) is 4.40. The molecule has 92 valence electrons. The molecule has 0 aromatic heterocycles. The molecule has 2 bridgehead atoms. The maximum Gasteiger partial charge on any atom is 0.216 e. The average molecular weight is 235 g/mol. The Hall–Kier alpha value is -1.19. The van der Waals surface area contributed by atoms with Crippen molar-refractivity contribution in [3.05, 3.63) is 22.3 Å². The number of allylic oxidation sites excluding steroid dienone is 2. The fourth-order valence-electron chi connectivity index (χ4n) is 4.40. The zero-order valence-corrected chi connectivity index (χ0v) is 9.91. The van der Waals surface area contributed by atoms with Crippen LogP contribution in [0.5, 0.6) is 0 Å². The molecule has 0 aromatic carbocycles. The van der Waals surface area contributed by atoms with E-state index in [0.29, 0.717) is 24.7 Å². The molecule has 0 saturated heterocycles. The molecule has 6 atom stereocenters. The smallest absolute Gasteiger partial charge is 0.216 e. The molecule has 4 heteroatoms. The van der Waals surface area contributed by atoms with E-state index >= 15 is 0 Å². The highest BCUT2D eigenvalue weighted by Crippen LogP contribution is 2.57. The molecule has 0 aromatic rings. The number of ketones is 1. The van der Waals surface area contributed by atoms with Gasteiger partial charge >= 0.3 is 0 Å². The monoisotopic (exact) mass is 235 g/mol. The van der Waals surface area contributed by atoms with Crippen LogP contribution in [0.15, 0.2) is 12.2 Å². The number of nitro groups is 1. The molecule has 0 radical (unpaired) electrons. The molecule has 0 amide bonds.